The molecule has 0 radical (unpaired) electrons. The normalized spacial score (nSPS) is 11.0. The van der Waals surface area contributed by atoms with E-state index in [1.165, 1.54) is 12.1 Å². The van der Waals surface area contributed by atoms with Gasteiger partial charge in [0.1, 0.15) is 0 Å². The van der Waals surface area contributed by atoms with Crippen molar-refractivity contribution in [2.24, 2.45) is 5.10 Å². The Hall–Kier alpha value is -4.11. The average Bonchev–Trinajstić information content (AvgIpc) is 2.80. The molecule has 9 heteroatoms. The summed E-state index contributed by atoms with van der Waals surface area (Å²) in [6, 6.07) is 21.1. The second-order valence-electron chi connectivity index (χ2n) is 6.76. The number of nitrogens with one attached hydrogen (secondary N) is 1. The van der Waals surface area contributed by atoms with E-state index >= 15 is 0 Å². The van der Waals surface area contributed by atoms with Crippen LogP contribution in [0.5, 0.6) is 5.75 Å². The summed E-state index contributed by atoms with van der Waals surface area (Å²) in [4.78, 5) is 27.9. The van der Waals surface area contributed by atoms with Crippen LogP contribution < -0.4 is 5.43 Å². The Kier molecular flexibility index (Phi) is 5.91. The number of aromatic hydroxyl groups is 1. The lowest BCUT2D eigenvalue weighted by Crippen LogP contribution is -2.18. The number of carbonyl (C=O) groups excluding carboxylic acids is 1. The first-order valence-electron chi connectivity index (χ1n) is 9.39. The predicted molar refractivity (Wildman–Crippen MR) is 125 cm³/mol. The van der Waals surface area contributed by atoms with Gasteiger partial charge in [-0.2, -0.15) is 5.10 Å². The molecule has 0 aliphatic heterocycles. The first-order valence-corrected chi connectivity index (χ1v) is 10.2. The minimum Gasteiger partial charge on any atom is -0.502 e. The Labute approximate surface area is 190 Å². The van der Waals surface area contributed by atoms with Crippen LogP contribution in [-0.4, -0.2) is 27.1 Å². The lowest BCUT2D eigenvalue weighted by Gasteiger charge is -2.09. The fourth-order valence-electron chi connectivity index (χ4n) is 3.18. The smallest absolute Gasteiger partial charge is 0.312 e. The van der Waals surface area contributed by atoms with Crippen molar-refractivity contribution < 1.29 is 14.8 Å². The summed E-state index contributed by atoms with van der Waals surface area (Å²) in [6.45, 7) is 0. The summed E-state index contributed by atoms with van der Waals surface area (Å²) < 4.78 is 0.391. The van der Waals surface area contributed by atoms with Crippen LogP contribution in [0.4, 0.5) is 5.69 Å². The number of phenolic OH excluding ortho intramolecular Hbond substituents is 1. The van der Waals surface area contributed by atoms with Crippen molar-refractivity contribution in [1.82, 2.24) is 10.4 Å². The van der Waals surface area contributed by atoms with Crippen molar-refractivity contribution in [2.45, 2.75) is 0 Å². The molecule has 1 aromatic heterocycles. The number of fused-ring (bicyclic) bond motifs is 1. The van der Waals surface area contributed by atoms with E-state index in [0.29, 0.717) is 26.6 Å². The fraction of sp³-hybridized carbons (Fsp3) is 0. The average molecular weight is 491 g/mol. The van der Waals surface area contributed by atoms with Crippen molar-refractivity contribution in [3.8, 4) is 17.0 Å². The van der Waals surface area contributed by atoms with Gasteiger partial charge >= 0.3 is 5.69 Å². The molecular weight excluding hydrogens is 476 g/mol. The van der Waals surface area contributed by atoms with E-state index in [4.69, 9.17) is 0 Å². The van der Waals surface area contributed by atoms with Gasteiger partial charge in [-0.25, -0.2) is 10.4 Å². The number of pyridine rings is 1. The number of hydrogen-bond acceptors (Lipinski definition) is 6. The van der Waals surface area contributed by atoms with Crippen LogP contribution in [-0.2, 0) is 0 Å². The number of nitrogens with zero attached hydrogens (tertiary/aromatic N) is 3. The largest absolute Gasteiger partial charge is 0.502 e. The number of amides is 1. The number of hydrogen-bond donors (Lipinski definition) is 2. The number of nitro benzene ring substituents is 1. The highest BCUT2D eigenvalue weighted by Gasteiger charge is 2.18. The molecule has 2 N–H and O–H groups in total. The van der Waals surface area contributed by atoms with Crippen molar-refractivity contribution in [3.63, 3.8) is 0 Å². The molecule has 0 saturated heterocycles. The van der Waals surface area contributed by atoms with Crippen LogP contribution in [0.15, 0.2) is 82.4 Å². The second kappa shape index (κ2) is 8.94. The van der Waals surface area contributed by atoms with E-state index in [2.05, 4.69) is 31.4 Å². The molecule has 32 heavy (non-hydrogen) atoms. The fourth-order valence-corrected chi connectivity index (χ4v) is 3.65. The number of hydrazone groups is 1. The molecule has 0 saturated carbocycles. The van der Waals surface area contributed by atoms with E-state index < -0.39 is 22.3 Å². The standard InChI is InChI=1S/C23H15BrN4O4/c24-16-10-15(22(29)21(11-16)28(31)32)13-25-27-23(30)18-12-20(14-6-2-1-3-7-14)26-19-9-5-4-8-17(18)19/h1-13,29H,(H,27,30)/b25-13-. The van der Waals surface area contributed by atoms with Crippen molar-refractivity contribution in [3.05, 3.63) is 98.5 Å². The number of carbonyl (C=O) groups is 1. The molecule has 4 rings (SSSR count). The summed E-state index contributed by atoms with van der Waals surface area (Å²) in [5.41, 5.74) is 4.56. The van der Waals surface area contributed by atoms with Crippen LogP contribution in [0, 0.1) is 10.1 Å². The van der Waals surface area contributed by atoms with Crippen molar-refractivity contribution >= 4 is 44.6 Å². The maximum atomic E-state index is 12.9. The van der Waals surface area contributed by atoms with Crippen LogP contribution >= 0.6 is 15.9 Å². The lowest BCUT2D eigenvalue weighted by atomic mass is 10.0. The topological polar surface area (TPSA) is 118 Å². The first kappa shape index (κ1) is 21.1. The molecule has 1 heterocycles. The molecule has 3 aromatic carbocycles. The molecule has 0 aliphatic carbocycles. The number of rotatable bonds is 5. The van der Waals surface area contributed by atoms with Gasteiger partial charge in [0, 0.05) is 27.1 Å². The maximum Gasteiger partial charge on any atom is 0.312 e. The van der Waals surface area contributed by atoms with Crippen molar-refractivity contribution in [1.29, 1.82) is 0 Å². The molecule has 158 valence electrons. The molecule has 0 aliphatic rings. The SMILES string of the molecule is O=C(N/N=C\c1cc(Br)cc([N+](=O)[O-])c1O)c1cc(-c2ccccc2)nc2ccccc12. The molecule has 4 aromatic rings. The molecule has 0 unspecified atom stereocenters. The highest BCUT2D eigenvalue weighted by Crippen LogP contribution is 2.32. The Balaban J connectivity index is 1.67. The number of aromatic nitrogens is 1. The minimum atomic E-state index is -0.704. The van der Waals surface area contributed by atoms with E-state index in [9.17, 15) is 20.0 Å². The highest BCUT2D eigenvalue weighted by molar-refractivity contribution is 9.10. The molecular formula is C23H15BrN4O4. The Morgan fingerprint density at radius 1 is 1.09 bits per heavy atom. The van der Waals surface area contributed by atoms with Gasteiger partial charge < -0.3 is 5.11 Å². The van der Waals surface area contributed by atoms with E-state index in [0.717, 1.165) is 11.8 Å². The molecule has 1 amide bonds. The quantitative estimate of drug-likeness (QED) is 0.230. The highest BCUT2D eigenvalue weighted by atomic mass is 79.9. The summed E-state index contributed by atoms with van der Waals surface area (Å²) in [7, 11) is 0. The summed E-state index contributed by atoms with van der Waals surface area (Å²) >= 11 is 3.16. The Morgan fingerprint density at radius 2 is 1.81 bits per heavy atom. The minimum absolute atomic E-state index is 0.0796. The molecule has 0 spiro atoms. The summed E-state index contributed by atoms with van der Waals surface area (Å²) in [6.07, 6.45) is 1.15. The zero-order valence-corrected chi connectivity index (χ0v) is 18.0. The van der Waals surface area contributed by atoms with Gasteiger partial charge in [0.15, 0.2) is 0 Å². The Morgan fingerprint density at radius 3 is 2.56 bits per heavy atom. The number of nitro groups is 1. The van der Waals surface area contributed by atoms with Gasteiger partial charge in [-0.05, 0) is 18.2 Å². The third kappa shape index (κ3) is 4.33. The molecule has 0 atom stereocenters. The monoisotopic (exact) mass is 490 g/mol. The zero-order chi connectivity index (χ0) is 22.7. The van der Waals surface area contributed by atoms with Gasteiger partial charge in [-0.1, -0.05) is 64.5 Å². The van der Waals surface area contributed by atoms with Crippen LogP contribution in [0.25, 0.3) is 22.2 Å². The van der Waals surface area contributed by atoms with Gasteiger partial charge in [0.05, 0.1) is 27.9 Å². The number of benzene rings is 3. The third-order valence-corrected chi connectivity index (χ3v) is 5.14. The van der Waals surface area contributed by atoms with Crippen LogP contribution in [0.2, 0.25) is 0 Å². The third-order valence-electron chi connectivity index (χ3n) is 4.68. The number of phenols is 1. The van der Waals surface area contributed by atoms with E-state index in [1.807, 2.05) is 48.5 Å². The summed E-state index contributed by atoms with van der Waals surface area (Å²) in [5, 5.41) is 25.7. The van der Waals surface area contributed by atoms with Gasteiger partial charge in [0.2, 0.25) is 5.75 Å². The second-order valence-corrected chi connectivity index (χ2v) is 7.67. The number of halogens is 1. The summed E-state index contributed by atoms with van der Waals surface area (Å²) in [5.74, 6) is -1.03. The van der Waals surface area contributed by atoms with Crippen LogP contribution in [0.1, 0.15) is 15.9 Å². The van der Waals surface area contributed by atoms with E-state index in [1.54, 1.807) is 12.1 Å². The van der Waals surface area contributed by atoms with Gasteiger partial charge in [0.25, 0.3) is 5.91 Å². The van der Waals surface area contributed by atoms with Gasteiger partial charge in [-0.3, -0.25) is 14.9 Å². The van der Waals surface area contributed by atoms with E-state index in [-0.39, 0.29) is 5.56 Å². The molecule has 8 nitrogen and oxygen atoms in total. The first-order chi connectivity index (χ1) is 15.4. The van der Waals surface area contributed by atoms with Gasteiger partial charge in [-0.15, -0.1) is 0 Å². The Bertz CT molecular complexity index is 1370. The van der Waals surface area contributed by atoms with Crippen molar-refractivity contribution in [2.75, 3.05) is 0 Å². The molecule has 0 fully saturated rings. The lowest BCUT2D eigenvalue weighted by molar-refractivity contribution is -0.385. The molecule has 0 bridgehead atoms. The maximum absolute atomic E-state index is 12.9. The van der Waals surface area contributed by atoms with Crippen LogP contribution in [0.3, 0.4) is 0 Å². The number of para-hydroxylation sites is 1. The zero-order valence-electron chi connectivity index (χ0n) is 16.4. The predicted octanol–water partition coefficient (Wildman–Crippen LogP) is 5.04.